The Morgan fingerprint density at radius 2 is 1.86 bits per heavy atom. The third-order valence-corrected chi connectivity index (χ3v) is 6.66. The van der Waals surface area contributed by atoms with Gasteiger partial charge in [-0.2, -0.15) is 9.29 Å². The predicted molar refractivity (Wildman–Crippen MR) is 97.4 cm³/mol. The van der Waals surface area contributed by atoms with Crippen LogP contribution in [0.3, 0.4) is 0 Å². The van der Waals surface area contributed by atoms with Gasteiger partial charge in [0.2, 0.25) is 21.7 Å². The van der Waals surface area contributed by atoms with E-state index >= 15 is 0 Å². The van der Waals surface area contributed by atoms with Gasteiger partial charge in [-0.1, -0.05) is 17.3 Å². The molecule has 0 amide bonds. The number of fused-ring (bicyclic) bond motifs is 1. The Balaban J connectivity index is 1.35. The molecule has 1 aliphatic rings. The van der Waals surface area contributed by atoms with Gasteiger partial charge in [-0.15, -0.1) is 0 Å². The summed E-state index contributed by atoms with van der Waals surface area (Å²) in [6, 6.07) is 12.5. The Bertz CT molecular complexity index is 1260. The first-order valence-corrected chi connectivity index (χ1v) is 10.0. The molecular formula is C19H14FN3O4S. The molecule has 1 saturated heterocycles. The van der Waals surface area contributed by atoms with Crippen molar-refractivity contribution in [1.29, 1.82) is 0 Å². The monoisotopic (exact) mass is 399 g/mol. The van der Waals surface area contributed by atoms with Crippen molar-refractivity contribution in [3.05, 3.63) is 66.5 Å². The van der Waals surface area contributed by atoms with Crippen molar-refractivity contribution in [2.45, 2.75) is 10.8 Å². The third kappa shape index (κ3) is 2.71. The minimum Gasteiger partial charge on any atom is -0.463 e. The lowest BCUT2D eigenvalue weighted by atomic mass is 10.0. The lowest BCUT2D eigenvalue weighted by molar-refractivity contribution is 0.217. The van der Waals surface area contributed by atoms with Crippen LogP contribution in [0.5, 0.6) is 0 Å². The highest BCUT2D eigenvalue weighted by Gasteiger charge is 2.41. The van der Waals surface area contributed by atoms with Crippen LogP contribution in [0, 0.1) is 5.82 Å². The highest BCUT2D eigenvalue weighted by Crippen LogP contribution is 2.34. The average molecular weight is 399 g/mol. The van der Waals surface area contributed by atoms with E-state index in [0.717, 1.165) is 5.39 Å². The first kappa shape index (κ1) is 17.1. The van der Waals surface area contributed by atoms with Gasteiger partial charge in [-0.3, -0.25) is 0 Å². The molecule has 0 aliphatic carbocycles. The van der Waals surface area contributed by atoms with Crippen LogP contribution in [-0.2, 0) is 10.0 Å². The van der Waals surface area contributed by atoms with Gasteiger partial charge in [0, 0.05) is 24.0 Å². The molecule has 5 rings (SSSR count). The minimum absolute atomic E-state index is 0.144. The molecule has 9 heteroatoms. The highest BCUT2D eigenvalue weighted by atomic mass is 32.2. The second-order valence-corrected chi connectivity index (χ2v) is 8.48. The van der Waals surface area contributed by atoms with Crippen LogP contribution < -0.4 is 0 Å². The van der Waals surface area contributed by atoms with Crippen LogP contribution in [0.4, 0.5) is 4.39 Å². The average Bonchev–Trinajstić information content (AvgIpc) is 3.30. The number of benzene rings is 2. The summed E-state index contributed by atoms with van der Waals surface area (Å²) in [7, 11) is -3.68. The first-order chi connectivity index (χ1) is 13.5. The van der Waals surface area contributed by atoms with Crippen LogP contribution in [0.15, 0.2) is 68.6 Å². The molecular weight excluding hydrogens is 385 g/mol. The molecule has 28 heavy (non-hydrogen) atoms. The van der Waals surface area contributed by atoms with Crippen molar-refractivity contribution < 1.29 is 21.7 Å². The van der Waals surface area contributed by atoms with Gasteiger partial charge in [0.25, 0.3) is 0 Å². The van der Waals surface area contributed by atoms with Crippen molar-refractivity contribution >= 4 is 21.0 Å². The summed E-state index contributed by atoms with van der Waals surface area (Å²) < 4.78 is 50.9. The van der Waals surface area contributed by atoms with Gasteiger partial charge in [0.05, 0.1) is 12.2 Å². The number of sulfonamides is 1. The van der Waals surface area contributed by atoms with E-state index in [2.05, 4.69) is 10.1 Å². The molecule has 7 nitrogen and oxygen atoms in total. The number of rotatable bonds is 4. The van der Waals surface area contributed by atoms with Gasteiger partial charge in [0.1, 0.15) is 10.7 Å². The van der Waals surface area contributed by atoms with Gasteiger partial charge >= 0.3 is 0 Å². The zero-order chi connectivity index (χ0) is 19.3. The zero-order valence-electron chi connectivity index (χ0n) is 14.4. The zero-order valence-corrected chi connectivity index (χ0v) is 15.3. The predicted octanol–water partition coefficient (Wildman–Crippen LogP) is 3.41. The van der Waals surface area contributed by atoms with Crippen LogP contribution in [0.1, 0.15) is 11.8 Å². The fraction of sp³-hybridized carbons (Fsp3) is 0.158. The molecule has 1 fully saturated rings. The number of nitrogens with zero attached hydrogens (tertiary/aromatic N) is 3. The van der Waals surface area contributed by atoms with Gasteiger partial charge in [-0.25, -0.2) is 12.8 Å². The minimum atomic E-state index is -3.68. The van der Waals surface area contributed by atoms with Gasteiger partial charge in [0.15, 0.2) is 5.58 Å². The van der Waals surface area contributed by atoms with E-state index in [1.54, 1.807) is 30.3 Å². The van der Waals surface area contributed by atoms with Crippen LogP contribution in [-0.4, -0.2) is 36.0 Å². The third-order valence-electron chi connectivity index (χ3n) is 4.80. The lowest BCUT2D eigenvalue weighted by Gasteiger charge is -2.35. The maximum atomic E-state index is 13.0. The molecule has 2 aromatic carbocycles. The molecule has 142 valence electrons. The normalized spacial score (nSPS) is 15.8. The summed E-state index contributed by atoms with van der Waals surface area (Å²) in [5, 5.41) is 4.64. The maximum absolute atomic E-state index is 13.0. The molecule has 4 aromatic rings. The van der Waals surface area contributed by atoms with E-state index in [9.17, 15) is 12.8 Å². The summed E-state index contributed by atoms with van der Waals surface area (Å²) in [5.74, 6) is 0.171. The quantitative estimate of drug-likeness (QED) is 0.522. The number of furan rings is 1. The van der Waals surface area contributed by atoms with E-state index in [4.69, 9.17) is 8.94 Å². The number of hydrogen-bond acceptors (Lipinski definition) is 6. The number of para-hydroxylation sites is 1. The molecule has 3 heterocycles. The smallest absolute Gasteiger partial charge is 0.246 e. The summed E-state index contributed by atoms with van der Waals surface area (Å²) >= 11 is 0. The lowest BCUT2D eigenvalue weighted by Crippen LogP contribution is -2.48. The summed E-state index contributed by atoms with van der Waals surface area (Å²) in [6.07, 6.45) is 1.47. The molecule has 0 N–H and O–H groups in total. The fourth-order valence-corrected chi connectivity index (χ4v) is 4.90. The molecule has 1 aliphatic heterocycles. The van der Waals surface area contributed by atoms with E-state index in [0.29, 0.717) is 22.9 Å². The topological polar surface area (TPSA) is 89.4 Å². The molecule has 0 unspecified atom stereocenters. The number of hydrogen-bond donors (Lipinski definition) is 0. The maximum Gasteiger partial charge on any atom is 0.246 e. The Labute approximate surface area is 159 Å². The van der Waals surface area contributed by atoms with Crippen LogP contribution >= 0.6 is 0 Å². The largest absolute Gasteiger partial charge is 0.463 e. The van der Waals surface area contributed by atoms with Crippen LogP contribution in [0.25, 0.3) is 22.4 Å². The summed E-state index contributed by atoms with van der Waals surface area (Å²) in [5.41, 5.74) is 0.979. The molecule has 2 aromatic heterocycles. The van der Waals surface area contributed by atoms with E-state index in [1.807, 2.05) is 0 Å². The molecule has 0 bridgehead atoms. The molecule has 0 saturated carbocycles. The van der Waals surface area contributed by atoms with Crippen molar-refractivity contribution in [2.75, 3.05) is 13.1 Å². The molecule has 0 radical (unpaired) electrons. The van der Waals surface area contributed by atoms with E-state index < -0.39 is 10.0 Å². The summed E-state index contributed by atoms with van der Waals surface area (Å²) in [4.78, 5) is 4.47. The Morgan fingerprint density at radius 1 is 1.07 bits per heavy atom. The van der Waals surface area contributed by atoms with Crippen molar-refractivity contribution in [2.24, 2.45) is 0 Å². The Hall–Kier alpha value is -3.04. The molecule has 0 spiro atoms. The number of halogens is 1. The van der Waals surface area contributed by atoms with Crippen molar-refractivity contribution in [1.82, 2.24) is 14.4 Å². The van der Waals surface area contributed by atoms with Crippen LogP contribution in [0.2, 0.25) is 0 Å². The fourth-order valence-electron chi connectivity index (χ4n) is 3.22. The van der Waals surface area contributed by atoms with Crippen molar-refractivity contribution in [3.8, 4) is 11.4 Å². The summed E-state index contributed by atoms with van der Waals surface area (Å²) in [6.45, 7) is 0.481. The second-order valence-electron chi connectivity index (χ2n) is 6.58. The Kier molecular flexibility index (Phi) is 3.81. The standard InChI is InChI=1S/C19H14FN3O4S/c20-15-6-4-13(5-7-15)18-21-19(27-22-18)14-10-23(11-14)28(24,25)16-3-1-2-12-8-9-26-17(12)16/h1-9,14H,10-11H2. The van der Waals surface area contributed by atoms with Gasteiger partial charge in [-0.05, 0) is 36.4 Å². The Morgan fingerprint density at radius 3 is 2.64 bits per heavy atom. The SMILES string of the molecule is O=S(=O)(c1cccc2ccoc12)N1CC(c2nc(-c3ccc(F)cc3)no2)C1. The highest BCUT2D eigenvalue weighted by molar-refractivity contribution is 7.89. The molecule has 0 atom stereocenters. The first-order valence-electron chi connectivity index (χ1n) is 8.58. The van der Waals surface area contributed by atoms with E-state index in [-0.39, 0.29) is 29.7 Å². The van der Waals surface area contributed by atoms with E-state index in [1.165, 1.54) is 28.8 Å². The van der Waals surface area contributed by atoms with Crippen molar-refractivity contribution in [3.63, 3.8) is 0 Å². The van der Waals surface area contributed by atoms with Gasteiger partial charge < -0.3 is 8.94 Å². The second kappa shape index (κ2) is 6.25. The number of aromatic nitrogens is 2.